The Morgan fingerprint density at radius 2 is 1.76 bits per heavy atom. The van der Waals surface area contributed by atoms with Crippen LogP contribution in [0.3, 0.4) is 0 Å². The lowest BCUT2D eigenvalue weighted by Gasteiger charge is -1.95. The van der Waals surface area contributed by atoms with Gasteiger partial charge in [0.05, 0.1) is 5.69 Å². The molecule has 2 rings (SSSR count). The molecule has 0 amide bonds. The second kappa shape index (κ2) is 5.64. The molecule has 0 fully saturated rings. The number of aromatic nitrogens is 2. The van der Waals surface area contributed by atoms with E-state index in [0.29, 0.717) is 5.69 Å². The van der Waals surface area contributed by atoms with Crippen LogP contribution in [-0.4, -0.2) is 21.3 Å². The van der Waals surface area contributed by atoms with Crippen molar-refractivity contribution in [3.05, 3.63) is 46.5 Å². The van der Waals surface area contributed by atoms with Crippen molar-refractivity contribution in [1.29, 1.82) is 0 Å². The molecule has 3 N–H and O–H groups in total. The second-order valence-electron chi connectivity index (χ2n) is 3.20. The molecule has 0 saturated carbocycles. The number of H-pyrrole nitrogens is 2. The average molecular weight is 238 g/mol. The number of carboxylic acid groups (broad SMARTS) is 1. The van der Waals surface area contributed by atoms with Gasteiger partial charge < -0.3 is 5.11 Å². The Hall–Kier alpha value is -2.37. The van der Waals surface area contributed by atoms with Crippen molar-refractivity contribution in [1.82, 2.24) is 10.2 Å². The Bertz CT molecular complexity index is 538. The summed E-state index contributed by atoms with van der Waals surface area (Å²) in [5.41, 5.74) is 1.24. The Morgan fingerprint density at radius 1 is 1.24 bits per heavy atom. The molecule has 0 bridgehead atoms. The van der Waals surface area contributed by atoms with Crippen LogP contribution >= 0.6 is 0 Å². The number of aliphatic carboxylic acids is 1. The molecule has 0 saturated heterocycles. The molecule has 1 aromatic carbocycles. The zero-order valence-corrected chi connectivity index (χ0v) is 9.03. The minimum atomic E-state index is -0.833. The summed E-state index contributed by atoms with van der Waals surface area (Å²) < 4.78 is 12.5. The fourth-order valence-electron chi connectivity index (χ4n) is 1.12. The van der Waals surface area contributed by atoms with Gasteiger partial charge in [-0.15, -0.1) is 0 Å². The molecule has 0 atom stereocenters. The highest BCUT2D eigenvalue weighted by Crippen LogP contribution is 2.14. The van der Waals surface area contributed by atoms with Gasteiger partial charge in [0.2, 0.25) is 0 Å². The maximum absolute atomic E-state index is 12.5. The monoisotopic (exact) mass is 238 g/mol. The molecular formula is C11H11FN2O3. The molecule has 1 heterocycles. The summed E-state index contributed by atoms with van der Waals surface area (Å²) in [4.78, 5) is 19.8. The van der Waals surface area contributed by atoms with Gasteiger partial charge in [-0.2, -0.15) is 0 Å². The summed E-state index contributed by atoms with van der Waals surface area (Å²) >= 11 is 0. The van der Waals surface area contributed by atoms with E-state index in [1.54, 1.807) is 12.1 Å². The standard InChI is InChI=1S/C9H7FN2O.C2H4O2/c10-7-3-1-6(2-4-7)8-5-9(13)12-11-8;1-2(3)4/h1-5H,(H2,11,12,13);1H3,(H,3,4). The van der Waals surface area contributed by atoms with Crippen molar-refractivity contribution in [3.63, 3.8) is 0 Å². The van der Waals surface area contributed by atoms with Gasteiger partial charge in [0.1, 0.15) is 5.82 Å². The SMILES string of the molecule is CC(=O)O.O=c1cc(-c2ccc(F)cc2)[nH][nH]1. The first kappa shape index (κ1) is 12.7. The smallest absolute Gasteiger partial charge is 0.300 e. The summed E-state index contributed by atoms with van der Waals surface area (Å²) in [6.45, 7) is 1.08. The third-order valence-electron chi connectivity index (χ3n) is 1.75. The fraction of sp³-hybridized carbons (Fsp3) is 0.0909. The van der Waals surface area contributed by atoms with Gasteiger partial charge in [-0.3, -0.25) is 19.8 Å². The van der Waals surface area contributed by atoms with Crippen LogP contribution in [0, 0.1) is 5.82 Å². The molecule has 0 aliphatic rings. The van der Waals surface area contributed by atoms with E-state index in [1.165, 1.54) is 18.2 Å². The van der Waals surface area contributed by atoms with Crippen LogP contribution in [0.5, 0.6) is 0 Å². The van der Waals surface area contributed by atoms with E-state index in [4.69, 9.17) is 9.90 Å². The van der Waals surface area contributed by atoms with Crippen molar-refractivity contribution in [2.24, 2.45) is 0 Å². The molecule has 0 radical (unpaired) electrons. The largest absolute Gasteiger partial charge is 0.481 e. The van der Waals surface area contributed by atoms with Crippen molar-refractivity contribution < 1.29 is 14.3 Å². The normalized spacial score (nSPS) is 9.29. The van der Waals surface area contributed by atoms with Gasteiger partial charge >= 0.3 is 0 Å². The van der Waals surface area contributed by atoms with Crippen LogP contribution in [-0.2, 0) is 4.79 Å². The Balaban J connectivity index is 0.000000317. The Morgan fingerprint density at radius 3 is 2.18 bits per heavy atom. The first-order valence-electron chi connectivity index (χ1n) is 4.72. The topological polar surface area (TPSA) is 85.9 Å². The molecule has 90 valence electrons. The molecule has 1 aromatic heterocycles. The molecule has 6 heteroatoms. The number of carboxylic acids is 1. The molecule has 0 unspecified atom stereocenters. The molecule has 0 aliphatic carbocycles. The van der Waals surface area contributed by atoms with Crippen LogP contribution in [0.25, 0.3) is 11.3 Å². The van der Waals surface area contributed by atoms with E-state index in [1.807, 2.05) is 0 Å². The first-order valence-corrected chi connectivity index (χ1v) is 4.72. The van der Waals surface area contributed by atoms with Gasteiger partial charge in [0.25, 0.3) is 11.5 Å². The molecular weight excluding hydrogens is 227 g/mol. The van der Waals surface area contributed by atoms with Crippen LogP contribution in [0.4, 0.5) is 4.39 Å². The fourth-order valence-corrected chi connectivity index (χ4v) is 1.12. The number of hydrogen-bond donors (Lipinski definition) is 3. The predicted octanol–water partition coefficient (Wildman–Crippen LogP) is 1.60. The summed E-state index contributed by atoms with van der Waals surface area (Å²) in [7, 11) is 0. The van der Waals surface area contributed by atoms with Crippen LogP contribution < -0.4 is 5.56 Å². The second-order valence-corrected chi connectivity index (χ2v) is 3.20. The van der Waals surface area contributed by atoms with Crippen LogP contribution in [0.15, 0.2) is 35.1 Å². The minimum absolute atomic E-state index is 0.195. The van der Waals surface area contributed by atoms with Gasteiger partial charge in [-0.25, -0.2) is 4.39 Å². The van der Waals surface area contributed by atoms with Crippen molar-refractivity contribution in [2.45, 2.75) is 6.92 Å². The number of hydrogen-bond acceptors (Lipinski definition) is 2. The van der Waals surface area contributed by atoms with E-state index < -0.39 is 5.97 Å². The maximum Gasteiger partial charge on any atom is 0.300 e. The number of aromatic amines is 2. The lowest BCUT2D eigenvalue weighted by Crippen LogP contribution is -1.93. The highest BCUT2D eigenvalue weighted by molar-refractivity contribution is 5.63. The van der Waals surface area contributed by atoms with Gasteiger partial charge in [-0.1, -0.05) is 0 Å². The summed E-state index contributed by atoms with van der Waals surface area (Å²) in [5, 5.41) is 12.5. The summed E-state index contributed by atoms with van der Waals surface area (Å²) in [5.74, 6) is -1.12. The molecule has 0 spiro atoms. The van der Waals surface area contributed by atoms with E-state index in [9.17, 15) is 9.18 Å². The van der Waals surface area contributed by atoms with Crippen LogP contribution in [0.1, 0.15) is 6.92 Å². The molecule has 5 nitrogen and oxygen atoms in total. The highest BCUT2D eigenvalue weighted by Gasteiger charge is 1.99. The third kappa shape index (κ3) is 4.33. The number of nitrogens with one attached hydrogen (secondary N) is 2. The third-order valence-corrected chi connectivity index (χ3v) is 1.75. The summed E-state index contributed by atoms with van der Waals surface area (Å²) in [6, 6.07) is 7.33. The van der Waals surface area contributed by atoms with Gasteiger partial charge in [0, 0.05) is 13.0 Å². The van der Waals surface area contributed by atoms with Crippen molar-refractivity contribution >= 4 is 5.97 Å². The Labute approximate surface area is 95.9 Å². The number of benzene rings is 1. The number of halogens is 1. The average Bonchev–Trinajstić information content (AvgIpc) is 2.65. The zero-order chi connectivity index (χ0) is 12.8. The van der Waals surface area contributed by atoms with E-state index in [2.05, 4.69) is 10.2 Å². The van der Waals surface area contributed by atoms with Gasteiger partial charge in [0.15, 0.2) is 0 Å². The van der Waals surface area contributed by atoms with E-state index >= 15 is 0 Å². The van der Waals surface area contributed by atoms with E-state index in [-0.39, 0.29) is 11.4 Å². The molecule has 0 aliphatic heterocycles. The van der Waals surface area contributed by atoms with Crippen molar-refractivity contribution in [3.8, 4) is 11.3 Å². The zero-order valence-electron chi connectivity index (χ0n) is 9.03. The van der Waals surface area contributed by atoms with E-state index in [0.717, 1.165) is 12.5 Å². The molecule has 2 aromatic rings. The Kier molecular flexibility index (Phi) is 4.21. The predicted molar refractivity (Wildman–Crippen MR) is 60.1 cm³/mol. The molecule has 17 heavy (non-hydrogen) atoms. The summed E-state index contributed by atoms with van der Waals surface area (Å²) in [6.07, 6.45) is 0. The lowest BCUT2D eigenvalue weighted by atomic mass is 10.1. The maximum atomic E-state index is 12.5. The van der Waals surface area contributed by atoms with Crippen molar-refractivity contribution in [2.75, 3.05) is 0 Å². The van der Waals surface area contributed by atoms with Crippen LogP contribution in [0.2, 0.25) is 0 Å². The number of rotatable bonds is 1. The lowest BCUT2D eigenvalue weighted by molar-refractivity contribution is -0.134. The number of carbonyl (C=O) groups is 1. The van der Waals surface area contributed by atoms with Gasteiger partial charge in [-0.05, 0) is 29.8 Å². The quantitative estimate of drug-likeness (QED) is 0.705. The first-order chi connectivity index (χ1) is 7.99. The highest BCUT2D eigenvalue weighted by atomic mass is 19.1. The minimum Gasteiger partial charge on any atom is -0.481 e.